The second-order valence-corrected chi connectivity index (χ2v) is 6.23. The highest BCUT2D eigenvalue weighted by molar-refractivity contribution is 7.98. The topological polar surface area (TPSA) is 38.1 Å². The Kier molecular flexibility index (Phi) is 5.27. The van der Waals surface area contributed by atoms with Crippen molar-refractivity contribution in [3.05, 3.63) is 83.2 Å². The Labute approximate surface area is 143 Å². The predicted molar refractivity (Wildman–Crippen MR) is 89.6 cm³/mol. The van der Waals surface area contributed by atoms with Crippen LogP contribution in [-0.4, -0.2) is 14.7 Å². The largest absolute Gasteiger partial charge is 0.390 e. The highest BCUT2D eigenvalue weighted by Crippen LogP contribution is 2.25. The normalized spacial score (nSPS) is 11.0. The SMILES string of the molecule is OCc1cnc(SCc2ccccc2F)n1Cc1ccc(F)cc1. The molecule has 0 saturated carbocycles. The van der Waals surface area contributed by atoms with Gasteiger partial charge in [0.15, 0.2) is 5.16 Å². The quantitative estimate of drug-likeness (QED) is 0.686. The van der Waals surface area contributed by atoms with E-state index in [1.54, 1.807) is 36.5 Å². The van der Waals surface area contributed by atoms with E-state index in [0.717, 1.165) is 5.56 Å². The molecule has 124 valence electrons. The van der Waals surface area contributed by atoms with Crippen molar-refractivity contribution in [2.24, 2.45) is 0 Å². The molecule has 3 aromatic rings. The first kappa shape index (κ1) is 16.7. The van der Waals surface area contributed by atoms with Crippen LogP contribution in [0.2, 0.25) is 0 Å². The van der Waals surface area contributed by atoms with Gasteiger partial charge in [-0.15, -0.1) is 0 Å². The van der Waals surface area contributed by atoms with Gasteiger partial charge in [0.1, 0.15) is 11.6 Å². The molecule has 2 aromatic carbocycles. The van der Waals surface area contributed by atoms with Crippen LogP contribution in [0.4, 0.5) is 8.78 Å². The van der Waals surface area contributed by atoms with Gasteiger partial charge < -0.3 is 9.67 Å². The lowest BCUT2D eigenvalue weighted by molar-refractivity contribution is 0.270. The van der Waals surface area contributed by atoms with Gasteiger partial charge in [-0.2, -0.15) is 0 Å². The van der Waals surface area contributed by atoms with Gasteiger partial charge in [-0.25, -0.2) is 13.8 Å². The molecule has 1 heterocycles. The van der Waals surface area contributed by atoms with Gasteiger partial charge in [-0.1, -0.05) is 42.1 Å². The van der Waals surface area contributed by atoms with Crippen molar-refractivity contribution < 1.29 is 13.9 Å². The second-order valence-electron chi connectivity index (χ2n) is 5.28. The van der Waals surface area contributed by atoms with Crippen LogP contribution in [0.1, 0.15) is 16.8 Å². The standard InChI is InChI=1S/C18H16F2N2OS/c19-15-7-5-13(6-8-15)10-22-16(11-23)9-21-18(22)24-12-14-3-1-2-4-17(14)20/h1-9,23H,10-12H2. The number of hydrogen-bond donors (Lipinski definition) is 1. The third-order valence-electron chi connectivity index (χ3n) is 3.63. The Bertz CT molecular complexity index is 818. The number of aromatic nitrogens is 2. The summed E-state index contributed by atoms with van der Waals surface area (Å²) in [7, 11) is 0. The van der Waals surface area contributed by atoms with E-state index in [4.69, 9.17) is 0 Å². The Morgan fingerprint density at radius 1 is 1.04 bits per heavy atom. The molecule has 0 saturated heterocycles. The summed E-state index contributed by atoms with van der Waals surface area (Å²) in [4.78, 5) is 4.31. The van der Waals surface area contributed by atoms with Crippen LogP contribution < -0.4 is 0 Å². The van der Waals surface area contributed by atoms with Crippen molar-refractivity contribution in [1.29, 1.82) is 0 Å². The highest BCUT2D eigenvalue weighted by Gasteiger charge is 2.12. The number of hydrogen-bond acceptors (Lipinski definition) is 3. The molecule has 0 amide bonds. The minimum atomic E-state index is -0.291. The van der Waals surface area contributed by atoms with Gasteiger partial charge in [0.25, 0.3) is 0 Å². The molecule has 0 fully saturated rings. The first-order valence-corrected chi connectivity index (χ1v) is 8.42. The van der Waals surface area contributed by atoms with Crippen LogP contribution in [0, 0.1) is 11.6 Å². The monoisotopic (exact) mass is 346 g/mol. The summed E-state index contributed by atoms with van der Waals surface area (Å²) < 4.78 is 28.6. The third-order valence-corrected chi connectivity index (χ3v) is 4.67. The smallest absolute Gasteiger partial charge is 0.168 e. The first-order chi connectivity index (χ1) is 11.7. The van der Waals surface area contributed by atoms with Crippen LogP contribution in [0.25, 0.3) is 0 Å². The molecule has 6 heteroatoms. The van der Waals surface area contributed by atoms with Crippen molar-refractivity contribution in [2.45, 2.75) is 24.1 Å². The third kappa shape index (κ3) is 3.83. The van der Waals surface area contributed by atoms with Crippen LogP contribution in [0.5, 0.6) is 0 Å². The van der Waals surface area contributed by atoms with Crippen LogP contribution in [0.15, 0.2) is 59.9 Å². The second kappa shape index (κ2) is 7.59. The van der Waals surface area contributed by atoms with E-state index in [0.29, 0.717) is 28.7 Å². The molecule has 0 aliphatic carbocycles. The Morgan fingerprint density at radius 3 is 2.50 bits per heavy atom. The molecule has 0 unspecified atom stereocenters. The number of halogens is 2. The van der Waals surface area contributed by atoms with Crippen LogP contribution >= 0.6 is 11.8 Å². The maximum Gasteiger partial charge on any atom is 0.168 e. The lowest BCUT2D eigenvalue weighted by Crippen LogP contribution is -2.06. The molecular formula is C18H16F2N2OS. The van der Waals surface area contributed by atoms with E-state index in [-0.39, 0.29) is 18.2 Å². The van der Waals surface area contributed by atoms with Gasteiger partial charge in [0.05, 0.1) is 18.5 Å². The van der Waals surface area contributed by atoms with Gasteiger partial charge in [0.2, 0.25) is 0 Å². The molecular weight excluding hydrogens is 330 g/mol. The van der Waals surface area contributed by atoms with E-state index in [1.807, 2.05) is 4.57 Å². The van der Waals surface area contributed by atoms with Crippen LogP contribution in [0.3, 0.4) is 0 Å². The molecule has 0 radical (unpaired) electrons. The number of imidazole rings is 1. The summed E-state index contributed by atoms with van der Waals surface area (Å²) in [5.74, 6) is -0.0947. The van der Waals surface area contributed by atoms with Crippen molar-refractivity contribution in [3.63, 3.8) is 0 Å². The van der Waals surface area contributed by atoms with Crippen molar-refractivity contribution in [2.75, 3.05) is 0 Å². The molecule has 0 bridgehead atoms. The molecule has 1 N–H and O–H groups in total. The lowest BCUT2D eigenvalue weighted by Gasteiger charge is -2.11. The first-order valence-electron chi connectivity index (χ1n) is 7.43. The number of benzene rings is 2. The zero-order chi connectivity index (χ0) is 16.9. The maximum absolute atomic E-state index is 13.7. The summed E-state index contributed by atoms with van der Waals surface area (Å²) in [6.45, 7) is 0.324. The molecule has 3 rings (SSSR count). The maximum atomic E-state index is 13.7. The average molecular weight is 346 g/mol. The predicted octanol–water partition coefficient (Wildman–Crippen LogP) is 3.99. The Hall–Kier alpha value is -2.18. The summed E-state index contributed by atoms with van der Waals surface area (Å²) in [6, 6.07) is 12.8. The zero-order valence-corrected chi connectivity index (χ0v) is 13.6. The molecule has 0 atom stereocenters. The minimum Gasteiger partial charge on any atom is -0.390 e. The molecule has 1 aromatic heterocycles. The van der Waals surface area contributed by atoms with E-state index < -0.39 is 0 Å². The Morgan fingerprint density at radius 2 is 1.79 bits per heavy atom. The lowest BCUT2D eigenvalue weighted by atomic mass is 10.2. The van der Waals surface area contributed by atoms with Gasteiger partial charge in [-0.05, 0) is 29.3 Å². The van der Waals surface area contributed by atoms with E-state index >= 15 is 0 Å². The molecule has 24 heavy (non-hydrogen) atoms. The van der Waals surface area contributed by atoms with E-state index in [1.165, 1.54) is 30.0 Å². The summed E-state index contributed by atoms with van der Waals surface area (Å²) >= 11 is 1.40. The van der Waals surface area contributed by atoms with Gasteiger partial charge in [-0.3, -0.25) is 0 Å². The highest BCUT2D eigenvalue weighted by atomic mass is 32.2. The van der Waals surface area contributed by atoms with Gasteiger partial charge in [0, 0.05) is 12.3 Å². The molecule has 0 aliphatic rings. The van der Waals surface area contributed by atoms with Crippen molar-refractivity contribution >= 4 is 11.8 Å². The van der Waals surface area contributed by atoms with Crippen LogP contribution in [-0.2, 0) is 18.9 Å². The van der Waals surface area contributed by atoms with Crippen molar-refractivity contribution in [3.8, 4) is 0 Å². The number of aliphatic hydroxyl groups is 1. The fraction of sp³-hybridized carbons (Fsp3) is 0.167. The van der Waals surface area contributed by atoms with Gasteiger partial charge >= 0.3 is 0 Å². The molecule has 0 aliphatic heterocycles. The molecule has 3 nitrogen and oxygen atoms in total. The van der Waals surface area contributed by atoms with E-state index in [9.17, 15) is 13.9 Å². The number of nitrogens with zero attached hydrogens (tertiary/aromatic N) is 2. The summed E-state index contributed by atoms with van der Waals surface area (Å²) in [5.41, 5.74) is 2.16. The summed E-state index contributed by atoms with van der Waals surface area (Å²) in [6.07, 6.45) is 1.60. The number of rotatable bonds is 6. The summed E-state index contributed by atoms with van der Waals surface area (Å²) in [5, 5.41) is 10.2. The molecule has 0 spiro atoms. The fourth-order valence-electron chi connectivity index (χ4n) is 2.33. The minimum absolute atomic E-state index is 0.144. The Balaban J connectivity index is 1.79. The fourth-order valence-corrected chi connectivity index (χ4v) is 3.32. The van der Waals surface area contributed by atoms with Crippen molar-refractivity contribution in [1.82, 2.24) is 9.55 Å². The number of aliphatic hydroxyl groups excluding tert-OH is 1. The van der Waals surface area contributed by atoms with E-state index in [2.05, 4.69) is 4.98 Å². The number of thioether (sulfide) groups is 1. The average Bonchev–Trinajstić information content (AvgIpc) is 2.98. The zero-order valence-electron chi connectivity index (χ0n) is 12.8.